The third kappa shape index (κ3) is 2.83. The Labute approximate surface area is 123 Å². The van der Waals surface area contributed by atoms with Gasteiger partial charge >= 0.3 is 5.97 Å². The van der Waals surface area contributed by atoms with E-state index in [1.54, 1.807) is 11.3 Å². The average molecular weight is 299 g/mol. The molecule has 1 aliphatic heterocycles. The molecule has 0 amide bonds. The molecule has 19 heavy (non-hydrogen) atoms. The average Bonchev–Trinajstić information content (AvgIpc) is 2.89. The van der Waals surface area contributed by atoms with Gasteiger partial charge in [0.15, 0.2) is 0 Å². The molecule has 106 valence electrons. The number of esters is 1. The van der Waals surface area contributed by atoms with Crippen molar-refractivity contribution in [2.75, 3.05) is 18.6 Å². The highest BCUT2D eigenvalue weighted by Gasteiger charge is 2.53. The minimum absolute atomic E-state index is 0.0946. The molecule has 2 rings (SSSR count). The lowest BCUT2D eigenvalue weighted by Crippen LogP contribution is -2.65. The lowest BCUT2D eigenvalue weighted by molar-refractivity contribution is -0.153. The van der Waals surface area contributed by atoms with Gasteiger partial charge in [0, 0.05) is 17.2 Å². The van der Waals surface area contributed by atoms with E-state index in [9.17, 15) is 4.79 Å². The van der Waals surface area contributed by atoms with Crippen molar-refractivity contribution < 1.29 is 9.53 Å². The van der Waals surface area contributed by atoms with Crippen LogP contribution >= 0.6 is 23.1 Å². The van der Waals surface area contributed by atoms with E-state index < -0.39 is 5.54 Å². The first-order chi connectivity index (χ1) is 9.02. The number of thioether (sulfide) groups is 1. The molecular formula is C14H21NO2S2. The van der Waals surface area contributed by atoms with Crippen LogP contribution < -0.4 is 5.32 Å². The van der Waals surface area contributed by atoms with E-state index in [0.717, 1.165) is 24.5 Å². The quantitative estimate of drug-likeness (QED) is 0.868. The van der Waals surface area contributed by atoms with Crippen LogP contribution in [0.5, 0.6) is 0 Å². The van der Waals surface area contributed by atoms with Crippen LogP contribution in [0.25, 0.3) is 0 Å². The maximum absolute atomic E-state index is 12.4. The maximum Gasteiger partial charge on any atom is 0.327 e. The molecule has 5 heteroatoms. The molecule has 1 atom stereocenters. The Bertz CT molecular complexity index is 431. The van der Waals surface area contributed by atoms with Crippen LogP contribution in [0.4, 0.5) is 0 Å². The summed E-state index contributed by atoms with van der Waals surface area (Å²) in [5.41, 5.74) is -0.683. The van der Waals surface area contributed by atoms with Crippen molar-refractivity contribution in [2.45, 2.75) is 32.4 Å². The van der Waals surface area contributed by atoms with Gasteiger partial charge in [-0.05, 0) is 29.0 Å². The Hall–Kier alpha value is -0.520. The molecule has 0 bridgehead atoms. The number of methoxy groups -OCH3 is 1. The summed E-state index contributed by atoms with van der Waals surface area (Å²) in [5, 5.41) is 5.55. The van der Waals surface area contributed by atoms with Gasteiger partial charge in [-0.2, -0.15) is 11.8 Å². The second-order valence-corrected chi connectivity index (χ2v) is 7.65. The zero-order chi connectivity index (χ0) is 13.9. The largest absolute Gasteiger partial charge is 0.468 e. The van der Waals surface area contributed by atoms with Crippen LogP contribution in [-0.4, -0.2) is 30.1 Å². The fraction of sp³-hybridized carbons (Fsp3) is 0.643. The summed E-state index contributed by atoms with van der Waals surface area (Å²) in [4.78, 5) is 13.6. The monoisotopic (exact) mass is 299 g/mol. The van der Waals surface area contributed by atoms with E-state index >= 15 is 0 Å². The van der Waals surface area contributed by atoms with Gasteiger partial charge in [-0.3, -0.25) is 10.1 Å². The molecule has 1 aliphatic rings. The third-order valence-electron chi connectivity index (χ3n) is 4.02. The van der Waals surface area contributed by atoms with Gasteiger partial charge in [-0.15, -0.1) is 11.3 Å². The Morgan fingerprint density at radius 1 is 1.53 bits per heavy atom. The van der Waals surface area contributed by atoms with E-state index in [4.69, 9.17) is 4.74 Å². The van der Waals surface area contributed by atoms with Gasteiger partial charge in [0.05, 0.1) is 7.11 Å². The maximum atomic E-state index is 12.4. The zero-order valence-corrected chi connectivity index (χ0v) is 13.3. The minimum atomic E-state index is -0.589. The highest BCUT2D eigenvalue weighted by Crippen LogP contribution is 2.43. The number of nitrogens with one attached hydrogen (secondary N) is 1. The van der Waals surface area contributed by atoms with Crippen LogP contribution in [0.1, 0.15) is 25.1 Å². The van der Waals surface area contributed by atoms with Crippen molar-refractivity contribution >= 4 is 29.1 Å². The summed E-state index contributed by atoms with van der Waals surface area (Å²) in [6.07, 6.45) is 1.02. The molecule has 3 nitrogen and oxygen atoms in total. The van der Waals surface area contributed by atoms with E-state index in [2.05, 4.69) is 30.6 Å². The molecule has 2 heterocycles. The molecule has 0 aromatic carbocycles. The van der Waals surface area contributed by atoms with Crippen LogP contribution in [-0.2, 0) is 16.1 Å². The molecule has 1 fully saturated rings. The first-order valence-electron chi connectivity index (χ1n) is 6.45. The van der Waals surface area contributed by atoms with Gasteiger partial charge in [-0.1, -0.05) is 19.9 Å². The lowest BCUT2D eigenvalue weighted by atomic mass is 9.70. The van der Waals surface area contributed by atoms with Crippen molar-refractivity contribution in [1.82, 2.24) is 5.32 Å². The fourth-order valence-electron chi connectivity index (χ4n) is 2.48. The summed E-state index contributed by atoms with van der Waals surface area (Å²) < 4.78 is 5.09. The summed E-state index contributed by atoms with van der Waals surface area (Å²) in [5.74, 6) is 1.74. The molecule has 0 saturated carbocycles. The topological polar surface area (TPSA) is 38.3 Å². The molecule has 0 aliphatic carbocycles. The number of hydrogen-bond donors (Lipinski definition) is 1. The van der Waals surface area contributed by atoms with Crippen LogP contribution in [0.2, 0.25) is 0 Å². The zero-order valence-electron chi connectivity index (χ0n) is 11.7. The number of rotatable bonds is 4. The number of carbonyl (C=O) groups is 1. The van der Waals surface area contributed by atoms with Crippen LogP contribution in [0, 0.1) is 5.41 Å². The predicted molar refractivity (Wildman–Crippen MR) is 81.6 cm³/mol. The van der Waals surface area contributed by atoms with Gasteiger partial charge in [0.2, 0.25) is 0 Å². The number of ether oxygens (including phenoxy) is 1. The highest BCUT2D eigenvalue weighted by molar-refractivity contribution is 7.99. The van der Waals surface area contributed by atoms with Crippen molar-refractivity contribution in [3.8, 4) is 0 Å². The molecule has 1 N–H and O–H groups in total. The second-order valence-electron chi connectivity index (χ2n) is 5.52. The summed E-state index contributed by atoms with van der Waals surface area (Å²) in [7, 11) is 1.48. The number of thiophene rings is 1. The molecule has 0 radical (unpaired) electrons. The van der Waals surface area contributed by atoms with Crippen molar-refractivity contribution in [3.05, 3.63) is 22.4 Å². The highest BCUT2D eigenvalue weighted by atomic mass is 32.2. The Morgan fingerprint density at radius 3 is 2.89 bits per heavy atom. The van der Waals surface area contributed by atoms with E-state index in [0.29, 0.717) is 0 Å². The van der Waals surface area contributed by atoms with Crippen molar-refractivity contribution in [3.63, 3.8) is 0 Å². The normalized spacial score (nSPS) is 26.1. The SMILES string of the molecule is COC(=O)C1(NCc2cccs2)CSCCC1(C)C. The van der Waals surface area contributed by atoms with E-state index in [-0.39, 0.29) is 11.4 Å². The summed E-state index contributed by atoms with van der Waals surface area (Å²) >= 11 is 3.53. The third-order valence-corrected chi connectivity index (χ3v) is 6.03. The number of carbonyl (C=O) groups excluding carboxylic acids is 1. The summed E-state index contributed by atoms with van der Waals surface area (Å²) in [6.45, 7) is 5.03. The molecule has 0 spiro atoms. The molecule has 1 aromatic heterocycles. The van der Waals surface area contributed by atoms with Gasteiger partial charge in [0.25, 0.3) is 0 Å². The predicted octanol–water partition coefficient (Wildman–Crippen LogP) is 2.91. The van der Waals surface area contributed by atoms with Gasteiger partial charge in [-0.25, -0.2) is 0 Å². The Balaban J connectivity index is 2.21. The molecule has 1 aromatic rings. The van der Waals surface area contributed by atoms with Gasteiger partial charge < -0.3 is 4.74 Å². The smallest absolute Gasteiger partial charge is 0.327 e. The molecular weight excluding hydrogens is 278 g/mol. The molecule has 1 saturated heterocycles. The first-order valence-corrected chi connectivity index (χ1v) is 8.49. The first kappa shape index (κ1) is 14.9. The Morgan fingerprint density at radius 2 is 2.32 bits per heavy atom. The van der Waals surface area contributed by atoms with Crippen LogP contribution in [0.15, 0.2) is 17.5 Å². The van der Waals surface area contributed by atoms with Crippen LogP contribution in [0.3, 0.4) is 0 Å². The summed E-state index contributed by atoms with van der Waals surface area (Å²) in [6, 6.07) is 4.12. The van der Waals surface area contributed by atoms with Crippen molar-refractivity contribution in [1.29, 1.82) is 0 Å². The standard InChI is InChI=1S/C14H21NO2S2/c1-13(2)6-8-18-10-14(13,12(16)17-3)15-9-11-5-4-7-19-11/h4-5,7,15H,6,8-10H2,1-3H3. The Kier molecular flexibility index (Phi) is 4.58. The van der Waals surface area contributed by atoms with E-state index in [1.165, 1.54) is 12.0 Å². The fourth-order valence-corrected chi connectivity index (χ4v) is 4.84. The van der Waals surface area contributed by atoms with E-state index in [1.807, 2.05) is 17.8 Å². The van der Waals surface area contributed by atoms with Gasteiger partial charge in [0.1, 0.15) is 5.54 Å². The van der Waals surface area contributed by atoms with Crippen molar-refractivity contribution in [2.24, 2.45) is 5.41 Å². The minimum Gasteiger partial charge on any atom is -0.468 e. The molecule has 1 unspecified atom stereocenters. The number of hydrogen-bond acceptors (Lipinski definition) is 5. The lowest BCUT2D eigenvalue weighted by Gasteiger charge is -2.48. The second kappa shape index (κ2) is 5.85.